The fourth-order valence-corrected chi connectivity index (χ4v) is 4.04. The van der Waals surface area contributed by atoms with Gasteiger partial charge in [-0.2, -0.15) is 0 Å². The first kappa shape index (κ1) is 21.2. The molecule has 1 unspecified atom stereocenters. The number of nitrogens with zero attached hydrogens (tertiary/aromatic N) is 3. The van der Waals surface area contributed by atoms with Crippen molar-refractivity contribution >= 4 is 22.6 Å². The van der Waals surface area contributed by atoms with E-state index in [4.69, 9.17) is 10.7 Å². The van der Waals surface area contributed by atoms with Gasteiger partial charge in [-0.15, -0.1) is 0 Å². The number of H-pyrrole nitrogens is 2. The summed E-state index contributed by atoms with van der Waals surface area (Å²) in [4.78, 5) is 39.9. The topological polar surface area (TPSA) is 134 Å². The van der Waals surface area contributed by atoms with E-state index in [9.17, 15) is 9.59 Å². The highest BCUT2D eigenvalue weighted by atomic mass is 16.1. The molecule has 5 aromatic rings. The number of amides is 1. The molecule has 5 N–H and O–H groups in total. The highest BCUT2D eigenvalue weighted by Gasteiger charge is 2.21. The number of hydrogen-bond acceptors (Lipinski definition) is 5. The molecular formula is C25H23N7O2. The van der Waals surface area contributed by atoms with Crippen molar-refractivity contribution in [1.29, 1.82) is 0 Å². The van der Waals surface area contributed by atoms with E-state index in [1.165, 1.54) is 6.20 Å². The number of rotatable bonds is 7. The summed E-state index contributed by atoms with van der Waals surface area (Å²) in [5.41, 5.74) is 10.5. The predicted octanol–water partition coefficient (Wildman–Crippen LogP) is 2.92. The highest BCUT2D eigenvalue weighted by molar-refractivity contribution is 5.88. The van der Waals surface area contributed by atoms with Crippen LogP contribution in [0, 0.1) is 6.92 Å². The number of fused-ring (bicyclic) bond motifs is 1. The van der Waals surface area contributed by atoms with Gasteiger partial charge < -0.3 is 25.6 Å². The molecule has 0 fully saturated rings. The number of hydrogen-bond donors (Lipinski definition) is 4. The van der Waals surface area contributed by atoms with Gasteiger partial charge in [-0.1, -0.05) is 30.3 Å². The van der Waals surface area contributed by atoms with Crippen LogP contribution < -0.4 is 16.6 Å². The third kappa shape index (κ3) is 4.06. The van der Waals surface area contributed by atoms with E-state index in [0.717, 1.165) is 27.8 Å². The molecule has 0 radical (unpaired) electrons. The van der Waals surface area contributed by atoms with Gasteiger partial charge >= 0.3 is 0 Å². The number of benzene rings is 2. The Bertz CT molecular complexity index is 1520. The van der Waals surface area contributed by atoms with Crippen LogP contribution in [0.25, 0.3) is 28.1 Å². The fraction of sp³-hybridized carbons (Fsp3) is 0.120. The van der Waals surface area contributed by atoms with E-state index in [0.29, 0.717) is 23.5 Å². The Morgan fingerprint density at radius 2 is 2.03 bits per heavy atom. The van der Waals surface area contributed by atoms with Crippen LogP contribution in [0.3, 0.4) is 0 Å². The van der Waals surface area contributed by atoms with Crippen molar-refractivity contribution in [2.24, 2.45) is 5.73 Å². The summed E-state index contributed by atoms with van der Waals surface area (Å²) in [7, 11) is 0. The van der Waals surface area contributed by atoms with Crippen LogP contribution in [0.2, 0.25) is 0 Å². The van der Waals surface area contributed by atoms with Crippen molar-refractivity contribution in [3.63, 3.8) is 0 Å². The Kier molecular flexibility index (Phi) is 5.43. The van der Waals surface area contributed by atoms with Gasteiger partial charge in [0.25, 0.3) is 5.56 Å². The van der Waals surface area contributed by atoms with Crippen LogP contribution in [0.1, 0.15) is 11.1 Å². The molecule has 0 spiro atoms. The molecule has 9 nitrogen and oxygen atoms in total. The van der Waals surface area contributed by atoms with Crippen LogP contribution in [-0.4, -0.2) is 36.5 Å². The first-order valence-electron chi connectivity index (χ1n) is 10.8. The summed E-state index contributed by atoms with van der Waals surface area (Å²) < 4.78 is 1.90. The van der Waals surface area contributed by atoms with E-state index in [-0.39, 0.29) is 5.56 Å². The maximum absolute atomic E-state index is 12.9. The minimum atomic E-state index is -0.707. The van der Waals surface area contributed by atoms with E-state index < -0.39 is 11.9 Å². The summed E-state index contributed by atoms with van der Waals surface area (Å²) in [5.74, 6) is -0.117. The van der Waals surface area contributed by atoms with Gasteiger partial charge in [0.15, 0.2) is 0 Å². The largest absolute Gasteiger partial charge is 0.373 e. The Labute approximate surface area is 194 Å². The zero-order chi connectivity index (χ0) is 23.7. The zero-order valence-electron chi connectivity index (χ0n) is 18.4. The van der Waals surface area contributed by atoms with Crippen LogP contribution in [0.4, 0.5) is 5.69 Å². The second kappa shape index (κ2) is 8.70. The molecule has 1 amide bonds. The minimum absolute atomic E-state index is 0.307. The lowest BCUT2D eigenvalue weighted by Gasteiger charge is -2.18. The number of imidazole rings is 2. The van der Waals surface area contributed by atoms with Gasteiger partial charge in [0.2, 0.25) is 5.91 Å². The van der Waals surface area contributed by atoms with Crippen LogP contribution >= 0.6 is 0 Å². The maximum Gasteiger partial charge on any atom is 0.261 e. The van der Waals surface area contributed by atoms with Gasteiger partial charge in [-0.05, 0) is 36.2 Å². The number of carbonyl (C=O) groups excluding carboxylic acids is 1. The summed E-state index contributed by atoms with van der Waals surface area (Å²) in [5, 5.41) is 3.16. The Hall–Kier alpha value is -4.66. The van der Waals surface area contributed by atoms with Crippen LogP contribution in [0.15, 0.2) is 78.2 Å². The summed E-state index contributed by atoms with van der Waals surface area (Å²) in [6.45, 7) is 1.96. The van der Waals surface area contributed by atoms with E-state index in [1.807, 2.05) is 60.2 Å². The molecule has 0 bridgehead atoms. The van der Waals surface area contributed by atoms with Crippen molar-refractivity contribution in [3.8, 4) is 17.1 Å². The molecular weight excluding hydrogens is 430 g/mol. The Morgan fingerprint density at radius 1 is 1.21 bits per heavy atom. The summed E-state index contributed by atoms with van der Waals surface area (Å²) >= 11 is 0. The number of aromatic nitrogens is 5. The monoisotopic (exact) mass is 453 g/mol. The zero-order valence-corrected chi connectivity index (χ0v) is 18.4. The number of nitrogens with two attached hydrogens (primary N) is 1. The standard InChI is InChI=1S/C25H23N7O2/c1-15-11-17(32-10-9-27-14-32)13-19-22(15)31-24(30-19)21-18(7-8-28-25(21)34)29-20(23(26)33)12-16-5-3-2-4-6-16/h2-11,13-14,20H,12H2,1H3,(H2,26,33)(H,30,31)(H2,28,29,34). The lowest BCUT2D eigenvalue weighted by atomic mass is 10.0. The van der Waals surface area contributed by atoms with Crippen molar-refractivity contribution in [3.05, 3.63) is 94.9 Å². The number of pyridine rings is 1. The minimum Gasteiger partial charge on any atom is -0.373 e. The van der Waals surface area contributed by atoms with E-state index >= 15 is 0 Å². The molecule has 3 aromatic heterocycles. The van der Waals surface area contributed by atoms with Crippen molar-refractivity contribution < 1.29 is 4.79 Å². The van der Waals surface area contributed by atoms with Crippen LogP contribution in [0.5, 0.6) is 0 Å². The molecule has 0 aliphatic carbocycles. The second-order valence-corrected chi connectivity index (χ2v) is 8.10. The number of primary amides is 1. The van der Waals surface area contributed by atoms with Gasteiger partial charge in [0, 0.05) is 30.7 Å². The Balaban J connectivity index is 1.55. The molecule has 0 saturated carbocycles. The third-order valence-electron chi connectivity index (χ3n) is 5.72. The number of anilines is 1. The number of aryl methyl sites for hydroxylation is 1. The number of carbonyl (C=O) groups is 1. The maximum atomic E-state index is 12.9. The highest BCUT2D eigenvalue weighted by Crippen LogP contribution is 2.28. The van der Waals surface area contributed by atoms with Crippen LogP contribution in [-0.2, 0) is 11.2 Å². The van der Waals surface area contributed by atoms with E-state index in [1.54, 1.807) is 18.6 Å². The van der Waals surface area contributed by atoms with Crippen molar-refractivity contribution in [1.82, 2.24) is 24.5 Å². The lowest BCUT2D eigenvalue weighted by Crippen LogP contribution is -2.37. The van der Waals surface area contributed by atoms with Gasteiger partial charge in [0.05, 0.1) is 23.0 Å². The first-order chi connectivity index (χ1) is 16.5. The summed E-state index contributed by atoms with van der Waals surface area (Å²) in [6, 6.07) is 14.5. The average molecular weight is 454 g/mol. The quantitative estimate of drug-likeness (QED) is 0.301. The normalized spacial score (nSPS) is 12.0. The molecule has 9 heteroatoms. The molecule has 0 aliphatic rings. The number of aromatic amines is 2. The summed E-state index contributed by atoms with van der Waals surface area (Å²) in [6.07, 6.45) is 7.21. The molecule has 3 heterocycles. The number of nitrogens with one attached hydrogen (secondary N) is 3. The SMILES string of the molecule is Cc1cc(-n2ccnc2)cc2[nH]c(-c3c(NC(Cc4ccccc4)C(N)=O)cc[nH]c3=O)nc12. The lowest BCUT2D eigenvalue weighted by molar-refractivity contribution is -0.118. The smallest absolute Gasteiger partial charge is 0.261 e. The van der Waals surface area contributed by atoms with Crippen molar-refractivity contribution in [2.45, 2.75) is 19.4 Å². The van der Waals surface area contributed by atoms with Gasteiger partial charge in [0.1, 0.15) is 17.4 Å². The molecule has 2 aromatic carbocycles. The third-order valence-corrected chi connectivity index (χ3v) is 5.72. The second-order valence-electron chi connectivity index (χ2n) is 8.10. The molecule has 5 rings (SSSR count). The molecule has 0 saturated heterocycles. The average Bonchev–Trinajstić information content (AvgIpc) is 3.50. The van der Waals surface area contributed by atoms with Gasteiger partial charge in [-0.25, -0.2) is 9.97 Å². The predicted molar refractivity (Wildman–Crippen MR) is 131 cm³/mol. The molecule has 34 heavy (non-hydrogen) atoms. The van der Waals surface area contributed by atoms with Gasteiger partial charge in [-0.3, -0.25) is 9.59 Å². The van der Waals surface area contributed by atoms with E-state index in [2.05, 4.69) is 20.3 Å². The van der Waals surface area contributed by atoms with Crippen molar-refractivity contribution in [2.75, 3.05) is 5.32 Å². The molecule has 1 atom stereocenters. The molecule has 170 valence electrons. The Morgan fingerprint density at radius 3 is 2.76 bits per heavy atom. The molecule has 0 aliphatic heterocycles. The fourth-order valence-electron chi connectivity index (χ4n) is 4.04. The first-order valence-corrected chi connectivity index (χ1v) is 10.8.